The zero-order chi connectivity index (χ0) is 20.4. The molecule has 0 aliphatic heterocycles. The van der Waals surface area contributed by atoms with Crippen molar-refractivity contribution >= 4 is 12.4 Å². The molecule has 0 heterocycles. The molecule has 3 aromatic rings. The molecule has 1 N–H and O–H groups in total. The third-order valence-corrected chi connectivity index (χ3v) is 5.41. The van der Waals surface area contributed by atoms with Gasteiger partial charge in [-0.15, -0.1) is 0 Å². The Morgan fingerprint density at radius 2 is 1.31 bits per heavy atom. The van der Waals surface area contributed by atoms with E-state index >= 15 is 0 Å². The second-order valence-corrected chi connectivity index (χ2v) is 7.88. The highest BCUT2D eigenvalue weighted by Gasteiger charge is 2.31. The minimum absolute atomic E-state index is 0.247. The number of aliphatic imine (C=N–C) groups is 1. The minimum atomic E-state index is -0.247. The van der Waals surface area contributed by atoms with Crippen molar-refractivity contribution in [3.8, 4) is 22.3 Å². The van der Waals surface area contributed by atoms with Gasteiger partial charge in [0.15, 0.2) is 0 Å². The normalized spacial score (nSPS) is 14.8. The Hall–Kier alpha value is -3.52. The Morgan fingerprint density at radius 1 is 0.793 bits per heavy atom. The molecule has 0 aromatic heterocycles. The van der Waals surface area contributed by atoms with Crippen LogP contribution in [0.2, 0.25) is 0 Å². The number of allylic oxidation sites excluding steroid dienone is 3. The molecule has 0 amide bonds. The van der Waals surface area contributed by atoms with Crippen LogP contribution >= 0.6 is 0 Å². The summed E-state index contributed by atoms with van der Waals surface area (Å²) in [5, 5.41) is 9.05. The molecule has 2 nitrogen and oxygen atoms in total. The number of nitrogens with one attached hydrogen (secondary N) is 1. The largest absolute Gasteiger partial charge is 0.300 e. The van der Waals surface area contributed by atoms with Gasteiger partial charge in [-0.3, -0.25) is 10.4 Å². The van der Waals surface area contributed by atoms with Gasteiger partial charge >= 0.3 is 0 Å². The highest BCUT2D eigenvalue weighted by molar-refractivity contribution is 6.14. The highest BCUT2D eigenvalue weighted by Crippen LogP contribution is 2.40. The van der Waals surface area contributed by atoms with Gasteiger partial charge < -0.3 is 0 Å². The summed E-state index contributed by atoms with van der Waals surface area (Å²) in [6.45, 7) is 7.94. The van der Waals surface area contributed by atoms with Gasteiger partial charge in [0, 0.05) is 16.6 Å². The first kappa shape index (κ1) is 18.8. The van der Waals surface area contributed by atoms with Gasteiger partial charge in [-0.2, -0.15) is 0 Å². The first-order chi connectivity index (χ1) is 14.0. The molecule has 0 radical (unpaired) electrons. The predicted octanol–water partition coefficient (Wildman–Crippen LogP) is 6.94. The molecular formula is C27H24N2. The van der Waals surface area contributed by atoms with Crippen LogP contribution in [0.4, 0.5) is 0 Å². The van der Waals surface area contributed by atoms with E-state index in [1.54, 1.807) is 0 Å². The molecule has 3 aromatic carbocycles. The number of nitrogens with zero attached hydrogens (tertiary/aromatic N) is 1. The summed E-state index contributed by atoms with van der Waals surface area (Å²) in [5.41, 5.74) is 7.31. The number of hydrogen-bond donors (Lipinski definition) is 1. The lowest BCUT2D eigenvalue weighted by molar-refractivity contribution is 0.611. The molecule has 29 heavy (non-hydrogen) atoms. The summed E-state index contributed by atoms with van der Waals surface area (Å²) in [5.74, 6) is 0. The molecule has 0 spiro atoms. The number of rotatable bonds is 5. The van der Waals surface area contributed by atoms with Gasteiger partial charge in [0.1, 0.15) is 0 Å². The molecule has 0 unspecified atom stereocenters. The third-order valence-electron chi connectivity index (χ3n) is 5.41. The van der Waals surface area contributed by atoms with E-state index in [2.05, 4.69) is 74.1 Å². The van der Waals surface area contributed by atoms with Crippen LogP contribution in [0, 0.1) is 10.8 Å². The summed E-state index contributed by atoms with van der Waals surface area (Å²) >= 11 is 0. The molecular weight excluding hydrogens is 352 g/mol. The quantitative estimate of drug-likeness (QED) is 0.468. The lowest BCUT2D eigenvalue weighted by atomic mass is 9.81. The maximum atomic E-state index is 9.05. The average Bonchev–Trinajstić information content (AvgIpc) is 3.08. The van der Waals surface area contributed by atoms with Gasteiger partial charge in [0.2, 0.25) is 0 Å². The smallest absolute Gasteiger partial charge is 0.0681 e. The van der Waals surface area contributed by atoms with Crippen molar-refractivity contribution in [1.29, 1.82) is 5.41 Å². The highest BCUT2D eigenvalue weighted by atomic mass is 14.7. The van der Waals surface area contributed by atoms with E-state index < -0.39 is 0 Å². The average molecular weight is 377 g/mol. The Balaban J connectivity index is 1.89. The SMILES string of the molecule is C=NC1=C(C(=N)c2cc(-c3ccccc3)cc(-c3ccccc3)c2)C(C)(C)C=C1. The lowest BCUT2D eigenvalue weighted by Crippen LogP contribution is -2.18. The summed E-state index contributed by atoms with van der Waals surface area (Å²) in [4.78, 5) is 4.17. The number of hydrogen-bond acceptors (Lipinski definition) is 2. The topological polar surface area (TPSA) is 36.2 Å². The van der Waals surface area contributed by atoms with Crippen molar-refractivity contribution < 1.29 is 0 Å². The molecule has 0 saturated heterocycles. The Kier molecular flexibility index (Phi) is 4.85. The van der Waals surface area contributed by atoms with Crippen LogP contribution in [0.1, 0.15) is 19.4 Å². The molecule has 0 atom stereocenters. The van der Waals surface area contributed by atoms with Crippen LogP contribution < -0.4 is 0 Å². The van der Waals surface area contributed by atoms with E-state index in [1.807, 2.05) is 42.5 Å². The summed E-state index contributed by atoms with van der Waals surface area (Å²) < 4.78 is 0. The van der Waals surface area contributed by atoms with Crippen molar-refractivity contribution in [2.24, 2.45) is 10.4 Å². The van der Waals surface area contributed by atoms with Crippen molar-refractivity contribution in [3.63, 3.8) is 0 Å². The van der Waals surface area contributed by atoms with Crippen LogP contribution in [-0.2, 0) is 0 Å². The van der Waals surface area contributed by atoms with Crippen molar-refractivity contribution in [1.82, 2.24) is 0 Å². The van der Waals surface area contributed by atoms with E-state index in [4.69, 9.17) is 5.41 Å². The zero-order valence-corrected chi connectivity index (χ0v) is 16.8. The first-order valence-corrected chi connectivity index (χ1v) is 9.75. The molecule has 142 valence electrons. The molecule has 1 aliphatic rings. The zero-order valence-electron chi connectivity index (χ0n) is 16.8. The molecule has 4 rings (SSSR count). The van der Waals surface area contributed by atoms with Crippen molar-refractivity contribution in [2.75, 3.05) is 0 Å². The maximum Gasteiger partial charge on any atom is 0.0681 e. The summed E-state index contributed by atoms with van der Waals surface area (Å²) in [6, 6.07) is 27.0. The maximum absolute atomic E-state index is 9.05. The van der Waals surface area contributed by atoms with Crippen LogP contribution in [0.3, 0.4) is 0 Å². The molecule has 2 heteroatoms. The minimum Gasteiger partial charge on any atom is -0.300 e. The van der Waals surface area contributed by atoms with Crippen LogP contribution in [0.25, 0.3) is 22.3 Å². The van der Waals surface area contributed by atoms with Crippen LogP contribution in [0.5, 0.6) is 0 Å². The van der Waals surface area contributed by atoms with Crippen molar-refractivity contribution in [3.05, 3.63) is 108 Å². The van der Waals surface area contributed by atoms with Crippen LogP contribution in [0.15, 0.2) is 107 Å². The molecule has 0 fully saturated rings. The molecule has 0 bridgehead atoms. The Morgan fingerprint density at radius 3 is 1.79 bits per heavy atom. The first-order valence-electron chi connectivity index (χ1n) is 9.75. The fourth-order valence-electron chi connectivity index (χ4n) is 3.88. The molecule has 0 saturated carbocycles. The van der Waals surface area contributed by atoms with Crippen LogP contribution in [-0.4, -0.2) is 12.4 Å². The number of benzene rings is 3. The van der Waals surface area contributed by atoms with Gasteiger partial charge in [0.25, 0.3) is 0 Å². The van der Waals surface area contributed by atoms with E-state index in [0.717, 1.165) is 39.1 Å². The Labute approximate surface area is 172 Å². The van der Waals surface area contributed by atoms with E-state index in [9.17, 15) is 0 Å². The fraction of sp³-hybridized carbons (Fsp3) is 0.111. The van der Waals surface area contributed by atoms with Gasteiger partial charge in [0.05, 0.1) is 11.4 Å². The third kappa shape index (κ3) is 3.62. The van der Waals surface area contributed by atoms with E-state index in [1.165, 1.54) is 0 Å². The standard InChI is InChI=1S/C27H24N2/c1-27(2)15-14-24(29-3)25(27)26(28)23-17-21(19-10-6-4-7-11-19)16-22(18-23)20-12-8-5-9-13-20/h4-18,28H,3H2,1-2H3. The summed E-state index contributed by atoms with van der Waals surface area (Å²) in [7, 11) is 0. The summed E-state index contributed by atoms with van der Waals surface area (Å²) in [6.07, 6.45) is 4.07. The van der Waals surface area contributed by atoms with Gasteiger partial charge in [-0.1, -0.05) is 80.6 Å². The Bertz CT molecular complexity index is 1080. The molecule has 1 aliphatic carbocycles. The van der Waals surface area contributed by atoms with E-state index in [0.29, 0.717) is 5.71 Å². The fourth-order valence-corrected chi connectivity index (χ4v) is 3.88. The van der Waals surface area contributed by atoms with Gasteiger partial charge in [-0.25, -0.2) is 0 Å². The second kappa shape index (κ2) is 7.48. The predicted molar refractivity (Wildman–Crippen MR) is 124 cm³/mol. The van der Waals surface area contributed by atoms with Gasteiger partial charge in [-0.05, 0) is 53.2 Å². The second-order valence-electron chi connectivity index (χ2n) is 7.88. The van der Waals surface area contributed by atoms with Crippen molar-refractivity contribution in [2.45, 2.75) is 13.8 Å². The monoisotopic (exact) mass is 376 g/mol. The van der Waals surface area contributed by atoms with E-state index in [-0.39, 0.29) is 5.41 Å². The lowest BCUT2D eigenvalue weighted by Gasteiger charge is -2.23.